The van der Waals surface area contributed by atoms with Crippen LogP contribution in [0.3, 0.4) is 0 Å². The number of hydrogen-bond acceptors (Lipinski definition) is 5. The monoisotopic (exact) mass is 321 g/mol. The highest BCUT2D eigenvalue weighted by Gasteiger charge is 2.19. The zero-order valence-electron chi connectivity index (χ0n) is 15.1. The van der Waals surface area contributed by atoms with Crippen LogP contribution in [0.4, 0.5) is 0 Å². The second-order valence-electron chi connectivity index (χ2n) is 5.79. The van der Waals surface area contributed by atoms with Crippen LogP contribution in [0.15, 0.2) is 24.1 Å². The molecular weight excluding hydrogens is 294 g/mol. The summed E-state index contributed by atoms with van der Waals surface area (Å²) in [6.07, 6.45) is 1.61. The molecule has 0 aliphatic heterocycles. The Balaban J connectivity index is 3.28. The van der Waals surface area contributed by atoms with Gasteiger partial charge in [-0.3, -0.25) is 0 Å². The maximum absolute atomic E-state index is 12.1. The smallest absolute Gasteiger partial charge is 0.375 e. The fourth-order valence-corrected chi connectivity index (χ4v) is 2.13. The van der Waals surface area contributed by atoms with E-state index >= 15 is 0 Å². The minimum atomic E-state index is -0.490. The Hall–Kier alpha value is -2.17. The Morgan fingerprint density at radius 3 is 2.39 bits per heavy atom. The van der Waals surface area contributed by atoms with Gasteiger partial charge in [0, 0.05) is 26.4 Å². The first-order valence-electron chi connectivity index (χ1n) is 7.71. The number of carbonyl (C=O) groups excluding carboxylic acids is 1. The van der Waals surface area contributed by atoms with E-state index in [9.17, 15) is 4.79 Å². The number of hydrogen-bond donors (Lipinski definition) is 0. The Labute approximate surface area is 138 Å². The van der Waals surface area contributed by atoms with Crippen molar-refractivity contribution in [2.24, 2.45) is 0 Å². The molecule has 0 unspecified atom stereocenters. The molecule has 0 aliphatic rings. The number of aryl methyl sites for hydroxylation is 1. The first-order chi connectivity index (χ1) is 10.8. The molecule has 0 aliphatic carbocycles. The van der Waals surface area contributed by atoms with Gasteiger partial charge in [0.25, 0.3) is 0 Å². The molecule has 0 atom stereocenters. The van der Waals surface area contributed by atoms with E-state index in [1.54, 1.807) is 25.1 Å². The van der Waals surface area contributed by atoms with Gasteiger partial charge in [0.05, 0.1) is 13.7 Å². The van der Waals surface area contributed by atoms with Gasteiger partial charge >= 0.3 is 5.97 Å². The van der Waals surface area contributed by atoms with Crippen molar-refractivity contribution < 1.29 is 19.0 Å². The van der Waals surface area contributed by atoms with Crippen molar-refractivity contribution >= 4 is 5.97 Å². The number of rotatable bonds is 7. The molecular formula is C18H27NO4. The summed E-state index contributed by atoms with van der Waals surface area (Å²) in [4.78, 5) is 13.9. The molecule has 0 bridgehead atoms. The van der Waals surface area contributed by atoms with Gasteiger partial charge in [0.1, 0.15) is 11.5 Å². The third-order valence-electron chi connectivity index (χ3n) is 3.22. The lowest BCUT2D eigenvalue weighted by Gasteiger charge is -2.18. The molecule has 0 heterocycles. The second kappa shape index (κ2) is 8.46. The third kappa shape index (κ3) is 5.20. The minimum Gasteiger partial charge on any atom is -0.496 e. The Bertz CT molecular complexity index is 577. The Morgan fingerprint density at radius 1 is 1.26 bits per heavy atom. The van der Waals surface area contributed by atoms with Crippen molar-refractivity contribution in [2.75, 3.05) is 27.8 Å². The lowest BCUT2D eigenvalue weighted by atomic mass is 9.99. The molecule has 0 N–H and O–H groups in total. The van der Waals surface area contributed by atoms with E-state index in [0.29, 0.717) is 12.4 Å². The lowest BCUT2D eigenvalue weighted by molar-refractivity contribution is -0.141. The second-order valence-corrected chi connectivity index (χ2v) is 5.79. The quantitative estimate of drug-likeness (QED) is 0.437. The van der Waals surface area contributed by atoms with Gasteiger partial charge in [-0.1, -0.05) is 13.8 Å². The third-order valence-corrected chi connectivity index (χ3v) is 3.22. The van der Waals surface area contributed by atoms with Gasteiger partial charge in [0.2, 0.25) is 5.76 Å². The standard InChI is InChI=1S/C18H27NO4/c1-8-22-18(20)17(11-19(5)6)23-16-10-15(21-7)13(4)9-14(16)12(2)3/h9-12H,8H2,1-7H3/b17-11+. The fourth-order valence-electron chi connectivity index (χ4n) is 2.13. The van der Waals surface area contributed by atoms with Crippen LogP contribution >= 0.6 is 0 Å². The van der Waals surface area contributed by atoms with Crippen molar-refractivity contribution in [3.8, 4) is 11.5 Å². The number of methoxy groups -OCH3 is 1. The summed E-state index contributed by atoms with van der Waals surface area (Å²) in [6, 6.07) is 3.84. The average Bonchev–Trinajstić information content (AvgIpc) is 2.47. The first kappa shape index (κ1) is 18.9. The number of benzene rings is 1. The van der Waals surface area contributed by atoms with E-state index in [0.717, 1.165) is 16.9 Å². The predicted molar refractivity (Wildman–Crippen MR) is 90.9 cm³/mol. The number of nitrogens with zero attached hydrogens (tertiary/aromatic N) is 1. The minimum absolute atomic E-state index is 0.143. The van der Waals surface area contributed by atoms with Crippen molar-refractivity contribution in [1.29, 1.82) is 0 Å². The molecule has 0 spiro atoms. The number of ether oxygens (including phenoxy) is 3. The van der Waals surface area contributed by atoms with Gasteiger partial charge < -0.3 is 19.1 Å². The van der Waals surface area contributed by atoms with E-state index in [1.165, 1.54) is 0 Å². The molecule has 0 saturated carbocycles. The Kier molecular flexibility index (Phi) is 6.94. The summed E-state index contributed by atoms with van der Waals surface area (Å²) in [5, 5.41) is 0. The highest BCUT2D eigenvalue weighted by atomic mass is 16.6. The maximum Gasteiger partial charge on any atom is 0.375 e. The van der Waals surface area contributed by atoms with Crippen LogP contribution in [-0.4, -0.2) is 38.7 Å². The number of esters is 1. The van der Waals surface area contributed by atoms with Crippen LogP contribution in [-0.2, 0) is 9.53 Å². The lowest BCUT2D eigenvalue weighted by Crippen LogP contribution is -2.17. The molecule has 5 nitrogen and oxygen atoms in total. The van der Waals surface area contributed by atoms with Crippen molar-refractivity contribution in [3.63, 3.8) is 0 Å². The van der Waals surface area contributed by atoms with E-state index in [2.05, 4.69) is 13.8 Å². The molecule has 1 aromatic rings. The topological polar surface area (TPSA) is 48.0 Å². The van der Waals surface area contributed by atoms with E-state index in [-0.39, 0.29) is 11.7 Å². The highest BCUT2D eigenvalue weighted by Crippen LogP contribution is 2.34. The van der Waals surface area contributed by atoms with Crippen LogP contribution in [0.1, 0.15) is 37.8 Å². The molecule has 1 aromatic carbocycles. The van der Waals surface area contributed by atoms with E-state index < -0.39 is 5.97 Å². The molecule has 128 valence electrons. The summed E-state index contributed by atoms with van der Waals surface area (Å²) < 4.78 is 16.3. The van der Waals surface area contributed by atoms with E-state index in [4.69, 9.17) is 14.2 Å². The van der Waals surface area contributed by atoms with Crippen LogP contribution in [0.2, 0.25) is 0 Å². The van der Waals surface area contributed by atoms with Crippen molar-refractivity contribution in [3.05, 3.63) is 35.2 Å². The van der Waals surface area contributed by atoms with Crippen LogP contribution in [0, 0.1) is 6.92 Å². The molecule has 0 aromatic heterocycles. The number of carbonyl (C=O) groups is 1. The molecule has 0 radical (unpaired) electrons. The summed E-state index contributed by atoms with van der Waals surface area (Å²) >= 11 is 0. The molecule has 0 amide bonds. The largest absolute Gasteiger partial charge is 0.496 e. The first-order valence-corrected chi connectivity index (χ1v) is 7.71. The van der Waals surface area contributed by atoms with Gasteiger partial charge in [-0.25, -0.2) is 4.79 Å². The molecule has 1 rings (SSSR count). The SMILES string of the molecule is CCOC(=O)/C(=C\N(C)C)Oc1cc(OC)c(C)cc1C(C)C. The van der Waals surface area contributed by atoms with Gasteiger partial charge in [-0.2, -0.15) is 0 Å². The normalized spacial score (nSPS) is 11.4. The summed E-state index contributed by atoms with van der Waals surface area (Å²) in [5.41, 5.74) is 2.04. The predicted octanol–water partition coefficient (Wildman–Crippen LogP) is 3.47. The summed E-state index contributed by atoms with van der Waals surface area (Å²) in [6.45, 7) is 8.19. The van der Waals surface area contributed by atoms with Crippen LogP contribution in [0.5, 0.6) is 11.5 Å². The zero-order chi connectivity index (χ0) is 17.6. The van der Waals surface area contributed by atoms with Crippen LogP contribution in [0.25, 0.3) is 0 Å². The van der Waals surface area contributed by atoms with Gasteiger partial charge in [-0.05, 0) is 37.0 Å². The van der Waals surface area contributed by atoms with Gasteiger partial charge in [-0.15, -0.1) is 0 Å². The molecule has 0 saturated heterocycles. The molecule has 23 heavy (non-hydrogen) atoms. The maximum atomic E-state index is 12.1. The average molecular weight is 321 g/mol. The van der Waals surface area contributed by atoms with Crippen LogP contribution < -0.4 is 9.47 Å². The summed E-state index contributed by atoms with van der Waals surface area (Å²) in [7, 11) is 5.26. The van der Waals surface area contributed by atoms with Crippen molar-refractivity contribution in [2.45, 2.75) is 33.6 Å². The molecule has 5 heteroatoms. The summed E-state index contributed by atoms with van der Waals surface area (Å²) in [5.74, 6) is 1.22. The Morgan fingerprint density at radius 2 is 1.91 bits per heavy atom. The fraction of sp³-hybridized carbons (Fsp3) is 0.500. The molecule has 0 fully saturated rings. The van der Waals surface area contributed by atoms with Gasteiger partial charge in [0.15, 0.2) is 0 Å². The van der Waals surface area contributed by atoms with Crippen molar-refractivity contribution in [1.82, 2.24) is 4.90 Å². The highest BCUT2D eigenvalue weighted by molar-refractivity contribution is 5.86. The van der Waals surface area contributed by atoms with E-state index in [1.807, 2.05) is 33.2 Å². The zero-order valence-corrected chi connectivity index (χ0v) is 15.1.